The van der Waals surface area contributed by atoms with Crippen LogP contribution >= 0.6 is 0 Å². The Hall–Kier alpha value is -3.00. The van der Waals surface area contributed by atoms with Crippen LogP contribution in [0.3, 0.4) is 0 Å². The molecule has 1 heterocycles. The van der Waals surface area contributed by atoms with Crippen molar-refractivity contribution in [3.63, 3.8) is 0 Å². The van der Waals surface area contributed by atoms with Gasteiger partial charge < -0.3 is 10.1 Å². The van der Waals surface area contributed by atoms with Gasteiger partial charge in [0.25, 0.3) is 5.91 Å². The Bertz CT molecular complexity index is 1130. The van der Waals surface area contributed by atoms with Crippen molar-refractivity contribution in [1.29, 1.82) is 0 Å². The molecule has 0 atom stereocenters. The van der Waals surface area contributed by atoms with Crippen molar-refractivity contribution in [1.82, 2.24) is 9.62 Å². The fourth-order valence-corrected chi connectivity index (χ4v) is 5.46. The highest BCUT2D eigenvalue weighted by Gasteiger charge is 2.30. The molecule has 0 bridgehead atoms. The summed E-state index contributed by atoms with van der Waals surface area (Å²) >= 11 is 0. The number of rotatable bonds is 7. The normalized spacial score (nSPS) is 15.2. The molecule has 1 aliphatic rings. The van der Waals surface area contributed by atoms with Gasteiger partial charge in [0.15, 0.2) is 0 Å². The van der Waals surface area contributed by atoms with Crippen molar-refractivity contribution in [2.24, 2.45) is 0 Å². The Morgan fingerprint density at radius 2 is 1.39 bits per heavy atom. The molecule has 6 nitrogen and oxygen atoms in total. The Morgan fingerprint density at radius 1 is 0.879 bits per heavy atom. The van der Waals surface area contributed by atoms with Crippen LogP contribution in [-0.4, -0.2) is 51.5 Å². The van der Waals surface area contributed by atoms with Crippen molar-refractivity contribution in [3.05, 3.63) is 102 Å². The van der Waals surface area contributed by atoms with Gasteiger partial charge in [0.05, 0.1) is 18.1 Å². The fourth-order valence-electron chi connectivity index (χ4n) is 4.06. The van der Waals surface area contributed by atoms with Crippen LogP contribution in [0.4, 0.5) is 0 Å². The topological polar surface area (TPSA) is 75.7 Å². The second-order valence-electron chi connectivity index (χ2n) is 8.29. The predicted molar refractivity (Wildman–Crippen MR) is 128 cm³/mol. The molecule has 4 rings (SSSR count). The minimum absolute atomic E-state index is 0.180. The monoisotopic (exact) mass is 464 g/mol. The van der Waals surface area contributed by atoms with Crippen LogP contribution in [0, 0.1) is 0 Å². The molecular formula is C26H28N2O4S. The molecule has 1 saturated heterocycles. The van der Waals surface area contributed by atoms with E-state index in [4.69, 9.17) is 4.74 Å². The highest BCUT2D eigenvalue weighted by Crippen LogP contribution is 2.31. The number of sulfonamides is 1. The summed E-state index contributed by atoms with van der Waals surface area (Å²) in [4.78, 5) is 13.1. The summed E-state index contributed by atoms with van der Waals surface area (Å²) in [7, 11) is -3.59. The Balaban J connectivity index is 1.50. The standard InChI is InChI=1S/C26H28N2O4S/c1-26(22-8-4-2-5-9-22,23-10-6-3-7-11-23)20-27-25(29)21-12-14-24(15-13-21)33(30,31)28-16-18-32-19-17-28/h2-15H,16-20H2,1H3,(H,27,29). The molecule has 1 N–H and O–H groups in total. The minimum atomic E-state index is -3.59. The molecule has 1 fully saturated rings. The van der Waals surface area contributed by atoms with Crippen LogP contribution in [-0.2, 0) is 20.2 Å². The number of benzene rings is 3. The zero-order chi connectivity index (χ0) is 23.3. The van der Waals surface area contributed by atoms with Gasteiger partial charge in [-0.2, -0.15) is 4.31 Å². The van der Waals surface area contributed by atoms with E-state index in [9.17, 15) is 13.2 Å². The molecule has 3 aromatic rings. The lowest BCUT2D eigenvalue weighted by Crippen LogP contribution is -2.40. The summed E-state index contributed by atoms with van der Waals surface area (Å²) in [5.41, 5.74) is 2.20. The molecule has 0 aliphatic carbocycles. The van der Waals surface area contributed by atoms with E-state index >= 15 is 0 Å². The number of nitrogens with zero attached hydrogens (tertiary/aromatic N) is 1. The van der Waals surface area contributed by atoms with E-state index < -0.39 is 15.4 Å². The first-order chi connectivity index (χ1) is 15.9. The van der Waals surface area contributed by atoms with Crippen molar-refractivity contribution in [2.45, 2.75) is 17.2 Å². The maximum Gasteiger partial charge on any atom is 0.251 e. The summed E-state index contributed by atoms with van der Waals surface area (Å²) in [5.74, 6) is -0.247. The largest absolute Gasteiger partial charge is 0.379 e. The van der Waals surface area contributed by atoms with E-state index in [1.54, 1.807) is 12.1 Å². The van der Waals surface area contributed by atoms with Gasteiger partial charge in [-0.15, -0.1) is 0 Å². The van der Waals surface area contributed by atoms with E-state index in [-0.39, 0.29) is 10.8 Å². The number of amides is 1. The molecule has 0 radical (unpaired) electrons. The first-order valence-corrected chi connectivity index (χ1v) is 12.4. The number of hydrogen-bond donors (Lipinski definition) is 1. The van der Waals surface area contributed by atoms with E-state index in [1.165, 1.54) is 16.4 Å². The summed E-state index contributed by atoms with van der Waals surface area (Å²) in [5, 5.41) is 3.04. The van der Waals surface area contributed by atoms with Gasteiger partial charge in [0.2, 0.25) is 10.0 Å². The molecule has 33 heavy (non-hydrogen) atoms. The molecule has 0 unspecified atom stereocenters. The highest BCUT2D eigenvalue weighted by atomic mass is 32.2. The lowest BCUT2D eigenvalue weighted by molar-refractivity contribution is 0.0730. The van der Waals surface area contributed by atoms with Crippen molar-refractivity contribution in [2.75, 3.05) is 32.8 Å². The summed E-state index contributed by atoms with van der Waals surface area (Å²) in [6.45, 7) is 3.95. The maximum absolute atomic E-state index is 12.9. The number of nitrogens with one attached hydrogen (secondary N) is 1. The second kappa shape index (κ2) is 9.87. The molecule has 0 spiro atoms. The third kappa shape index (κ3) is 5.00. The molecule has 0 saturated carbocycles. The number of ether oxygens (including phenoxy) is 1. The first kappa shape index (κ1) is 23.2. The van der Waals surface area contributed by atoms with Gasteiger partial charge in [-0.25, -0.2) is 8.42 Å². The van der Waals surface area contributed by atoms with Crippen molar-refractivity contribution in [3.8, 4) is 0 Å². The number of hydrogen-bond acceptors (Lipinski definition) is 4. The zero-order valence-electron chi connectivity index (χ0n) is 18.6. The van der Waals surface area contributed by atoms with E-state index in [2.05, 4.69) is 36.5 Å². The number of morpholine rings is 1. The van der Waals surface area contributed by atoms with Crippen LogP contribution < -0.4 is 5.32 Å². The minimum Gasteiger partial charge on any atom is -0.379 e. The smallest absolute Gasteiger partial charge is 0.251 e. The predicted octanol–water partition coefficient (Wildman–Crippen LogP) is 3.44. The van der Waals surface area contributed by atoms with Crippen LogP contribution in [0.1, 0.15) is 28.4 Å². The van der Waals surface area contributed by atoms with Gasteiger partial charge in [-0.3, -0.25) is 4.79 Å². The van der Waals surface area contributed by atoms with Gasteiger partial charge in [-0.05, 0) is 42.3 Å². The SMILES string of the molecule is CC(CNC(=O)c1ccc(S(=O)(=O)N2CCOCC2)cc1)(c1ccccc1)c1ccccc1. The fraction of sp³-hybridized carbons (Fsp3) is 0.269. The third-order valence-electron chi connectivity index (χ3n) is 6.15. The van der Waals surface area contributed by atoms with Crippen LogP contribution in [0.15, 0.2) is 89.8 Å². The quantitative estimate of drug-likeness (QED) is 0.581. The molecule has 3 aromatic carbocycles. The highest BCUT2D eigenvalue weighted by molar-refractivity contribution is 7.89. The van der Waals surface area contributed by atoms with E-state index in [0.717, 1.165) is 11.1 Å². The summed E-state index contributed by atoms with van der Waals surface area (Å²) < 4.78 is 32.3. The first-order valence-electron chi connectivity index (χ1n) is 11.0. The Labute approximate surface area is 195 Å². The van der Waals surface area contributed by atoms with Gasteiger partial charge in [0, 0.05) is 30.6 Å². The number of carbonyl (C=O) groups is 1. The van der Waals surface area contributed by atoms with Gasteiger partial charge >= 0.3 is 0 Å². The average molecular weight is 465 g/mol. The Morgan fingerprint density at radius 3 is 1.91 bits per heavy atom. The van der Waals surface area contributed by atoms with Crippen molar-refractivity contribution >= 4 is 15.9 Å². The molecule has 1 aliphatic heterocycles. The van der Waals surface area contributed by atoms with E-state index in [1.807, 2.05) is 36.4 Å². The van der Waals surface area contributed by atoms with E-state index in [0.29, 0.717) is 38.4 Å². The van der Waals surface area contributed by atoms with Crippen LogP contribution in [0.5, 0.6) is 0 Å². The second-order valence-corrected chi connectivity index (χ2v) is 10.2. The molecular weight excluding hydrogens is 436 g/mol. The van der Waals surface area contributed by atoms with Crippen molar-refractivity contribution < 1.29 is 17.9 Å². The lowest BCUT2D eigenvalue weighted by atomic mass is 9.76. The molecule has 1 amide bonds. The molecule has 0 aromatic heterocycles. The van der Waals surface area contributed by atoms with Gasteiger partial charge in [-0.1, -0.05) is 60.7 Å². The summed E-state index contributed by atoms with van der Waals surface area (Å²) in [6, 6.07) is 26.3. The number of carbonyl (C=O) groups excluding carboxylic acids is 1. The average Bonchev–Trinajstić information content (AvgIpc) is 2.88. The van der Waals surface area contributed by atoms with Crippen LogP contribution in [0.2, 0.25) is 0 Å². The Kier molecular flexibility index (Phi) is 6.93. The third-order valence-corrected chi connectivity index (χ3v) is 8.06. The maximum atomic E-state index is 12.9. The zero-order valence-corrected chi connectivity index (χ0v) is 19.4. The molecule has 7 heteroatoms. The van der Waals surface area contributed by atoms with Gasteiger partial charge in [0.1, 0.15) is 0 Å². The molecule has 172 valence electrons. The lowest BCUT2D eigenvalue weighted by Gasteiger charge is -2.31. The van der Waals surface area contributed by atoms with Crippen LogP contribution in [0.25, 0.3) is 0 Å². The summed E-state index contributed by atoms with van der Waals surface area (Å²) in [6.07, 6.45) is 0.